The first-order chi connectivity index (χ1) is 10.9. The molecule has 7 nitrogen and oxygen atoms in total. The summed E-state index contributed by atoms with van der Waals surface area (Å²) in [5.74, 6) is -0.459. The highest BCUT2D eigenvalue weighted by Crippen LogP contribution is 2.21. The van der Waals surface area contributed by atoms with Crippen molar-refractivity contribution in [1.29, 1.82) is 0 Å². The van der Waals surface area contributed by atoms with Crippen molar-refractivity contribution in [2.24, 2.45) is 0 Å². The summed E-state index contributed by atoms with van der Waals surface area (Å²) in [7, 11) is 7.49. The summed E-state index contributed by atoms with van der Waals surface area (Å²) in [4.78, 5) is 32.4. The quantitative estimate of drug-likeness (QED) is 0.639. The van der Waals surface area contributed by atoms with E-state index in [1.165, 1.54) is 4.90 Å². The minimum atomic E-state index is -0.273. The van der Waals surface area contributed by atoms with Gasteiger partial charge in [-0.1, -0.05) is 0 Å². The number of nitrogens with zero attached hydrogens (tertiary/aromatic N) is 4. The van der Waals surface area contributed by atoms with Gasteiger partial charge in [-0.3, -0.25) is 14.5 Å². The van der Waals surface area contributed by atoms with Gasteiger partial charge in [0, 0.05) is 39.8 Å². The van der Waals surface area contributed by atoms with Gasteiger partial charge in [-0.25, -0.2) is 0 Å². The standard InChI is InChI=1S/C16H30N4O3/c1-17(2)15(21)12-23-16(22)14-11-19(4)9-10-20(14)13-5-7-18(3)8-6-13/h13-14H,5-12H2,1-4H3. The molecule has 2 saturated heterocycles. The number of rotatable bonds is 4. The van der Waals surface area contributed by atoms with Crippen molar-refractivity contribution in [2.75, 3.05) is 67.5 Å². The normalized spacial score (nSPS) is 25.3. The molecular weight excluding hydrogens is 296 g/mol. The lowest BCUT2D eigenvalue weighted by Crippen LogP contribution is -2.60. The first kappa shape index (κ1) is 18.2. The molecule has 1 amide bonds. The van der Waals surface area contributed by atoms with Crippen LogP contribution in [-0.4, -0.2) is 111 Å². The van der Waals surface area contributed by atoms with Gasteiger partial charge in [0.05, 0.1) is 0 Å². The molecule has 0 aromatic heterocycles. The topological polar surface area (TPSA) is 56.3 Å². The third-order valence-electron chi connectivity index (χ3n) is 4.89. The molecule has 2 fully saturated rings. The fourth-order valence-corrected chi connectivity index (χ4v) is 3.27. The SMILES string of the molecule is CN1CCC(N2CCN(C)CC2C(=O)OCC(=O)N(C)C)CC1. The summed E-state index contributed by atoms with van der Waals surface area (Å²) in [6, 6.07) is 0.166. The first-order valence-corrected chi connectivity index (χ1v) is 8.38. The van der Waals surface area contributed by atoms with E-state index in [9.17, 15) is 9.59 Å². The van der Waals surface area contributed by atoms with Gasteiger partial charge in [0.15, 0.2) is 6.61 Å². The van der Waals surface area contributed by atoms with Crippen LogP contribution in [-0.2, 0) is 14.3 Å². The lowest BCUT2D eigenvalue weighted by molar-refractivity contribution is -0.159. The number of likely N-dealkylation sites (tertiary alicyclic amines) is 1. The molecule has 2 heterocycles. The van der Waals surface area contributed by atoms with Crippen molar-refractivity contribution in [1.82, 2.24) is 19.6 Å². The van der Waals surface area contributed by atoms with Gasteiger partial charge in [-0.15, -0.1) is 0 Å². The Kier molecular flexibility index (Phi) is 6.38. The van der Waals surface area contributed by atoms with Gasteiger partial charge in [-0.2, -0.15) is 0 Å². The number of piperazine rings is 1. The summed E-state index contributed by atoms with van der Waals surface area (Å²) in [5.41, 5.74) is 0. The Morgan fingerprint density at radius 2 is 1.70 bits per heavy atom. The van der Waals surface area contributed by atoms with E-state index in [4.69, 9.17) is 4.74 Å². The molecule has 0 saturated carbocycles. The van der Waals surface area contributed by atoms with E-state index < -0.39 is 0 Å². The predicted octanol–water partition coefficient (Wildman–Crippen LogP) is -0.672. The highest BCUT2D eigenvalue weighted by Gasteiger charge is 2.37. The summed E-state index contributed by atoms with van der Waals surface area (Å²) in [5, 5.41) is 0. The maximum atomic E-state index is 12.5. The zero-order valence-electron chi connectivity index (χ0n) is 14.8. The molecular formula is C16H30N4O3. The first-order valence-electron chi connectivity index (χ1n) is 8.38. The molecule has 0 bridgehead atoms. The van der Waals surface area contributed by atoms with E-state index in [2.05, 4.69) is 21.7 Å². The fourth-order valence-electron chi connectivity index (χ4n) is 3.27. The van der Waals surface area contributed by atoms with Crippen LogP contribution in [0.1, 0.15) is 12.8 Å². The Labute approximate surface area is 139 Å². The summed E-state index contributed by atoms with van der Waals surface area (Å²) in [6.45, 7) is 4.48. The van der Waals surface area contributed by atoms with E-state index >= 15 is 0 Å². The second-order valence-corrected chi connectivity index (χ2v) is 6.95. The van der Waals surface area contributed by atoms with E-state index in [1.807, 2.05) is 7.05 Å². The van der Waals surface area contributed by atoms with Gasteiger partial charge in [0.2, 0.25) is 0 Å². The zero-order valence-corrected chi connectivity index (χ0v) is 14.8. The van der Waals surface area contributed by atoms with Gasteiger partial charge in [-0.05, 0) is 40.0 Å². The van der Waals surface area contributed by atoms with Crippen molar-refractivity contribution >= 4 is 11.9 Å². The monoisotopic (exact) mass is 326 g/mol. The summed E-state index contributed by atoms with van der Waals surface area (Å²) in [6.07, 6.45) is 2.17. The van der Waals surface area contributed by atoms with E-state index in [0.717, 1.165) is 39.0 Å². The van der Waals surface area contributed by atoms with Crippen LogP contribution in [0.2, 0.25) is 0 Å². The highest BCUT2D eigenvalue weighted by molar-refractivity contribution is 5.82. The number of esters is 1. The maximum absolute atomic E-state index is 12.5. The van der Waals surface area contributed by atoms with Crippen LogP contribution in [0, 0.1) is 0 Å². The van der Waals surface area contributed by atoms with Crippen molar-refractivity contribution in [2.45, 2.75) is 24.9 Å². The van der Waals surface area contributed by atoms with Crippen LogP contribution in [0.3, 0.4) is 0 Å². The lowest BCUT2D eigenvalue weighted by Gasteiger charge is -2.45. The predicted molar refractivity (Wildman–Crippen MR) is 88.2 cm³/mol. The van der Waals surface area contributed by atoms with Crippen molar-refractivity contribution in [3.8, 4) is 0 Å². The van der Waals surface area contributed by atoms with Crippen molar-refractivity contribution in [3.05, 3.63) is 0 Å². The second-order valence-electron chi connectivity index (χ2n) is 6.95. The molecule has 23 heavy (non-hydrogen) atoms. The van der Waals surface area contributed by atoms with E-state index in [0.29, 0.717) is 12.6 Å². The van der Waals surface area contributed by atoms with Crippen LogP contribution in [0.5, 0.6) is 0 Å². The van der Waals surface area contributed by atoms with Gasteiger partial charge >= 0.3 is 5.97 Å². The number of carbonyl (C=O) groups excluding carboxylic acids is 2. The van der Waals surface area contributed by atoms with Gasteiger partial charge in [0.25, 0.3) is 5.91 Å². The van der Waals surface area contributed by atoms with Crippen molar-refractivity contribution in [3.63, 3.8) is 0 Å². The van der Waals surface area contributed by atoms with Crippen LogP contribution >= 0.6 is 0 Å². The Bertz CT molecular complexity index is 422. The summed E-state index contributed by atoms with van der Waals surface area (Å²) >= 11 is 0. The Morgan fingerprint density at radius 3 is 2.30 bits per heavy atom. The molecule has 0 N–H and O–H groups in total. The highest BCUT2D eigenvalue weighted by atomic mass is 16.5. The van der Waals surface area contributed by atoms with Crippen LogP contribution in [0.4, 0.5) is 0 Å². The number of likely N-dealkylation sites (N-methyl/N-ethyl adjacent to an activating group) is 2. The summed E-state index contributed by atoms with van der Waals surface area (Å²) < 4.78 is 5.29. The smallest absolute Gasteiger partial charge is 0.325 e. The molecule has 0 radical (unpaired) electrons. The van der Waals surface area contributed by atoms with Crippen LogP contribution in [0.15, 0.2) is 0 Å². The molecule has 0 aromatic carbocycles. The number of hydrogen-bond donors (Lipinski definition) is 0. The molecule has 1 unspecified atom stereocenters. The largest absolute Gasteiger partial charge is 0.454 e. The average molecular weight is 326 g/mol. The number of carbonyl (C=O) groups is 2. The number of hydrogen-bond acceptors (Lipinski definition) is 6. The second kappa shape index (κ2) is 8.08. The minimum absolute atomic E-state index is 0.173. The Hall–Kier alpha value is -1.18. The number of amides is 1. The fraction of sp³-hybridized carbons (Fsp3) is 0.875. The molecule has 2 aliphatic heterocycles. The molecule has 2 aliphatic rings. The Balaban J connectivity index is 1.96. The maximum Gasteiger partial charge on any atom is 0.325 e. The lowest BCUT2D eigenvalue weighted by atomic mass is 9.99. The molecule has 0 aliphatic carbocycles. The molecule has 7 heteroatoms. The van der Waals surface area contributed by atoms with Gasteiger partial charge in [0.1, 0.15) is 6.04 Å². The third kappa shape index (κ3) is 4.89. The van der Waals surface area contributed by atoms with Crippen LogP contribution < -0.4 is 0 Å². The molecule has 2 rings (SSSR count). The molecule has 1 atom stereocenters. The Morgan fingerprint density at radius 1 is 1.04 bits per heavy atom. The number of piperidine rings is 1. The molecule has 0 spiro atoms. The van der Waals surface area contributed by atoms with E-state index in [1.54, 1.807) is 14.1 Å². The molecule has 0 aromatic rings. The third-order valence-corrected chi connectivity index (χ3v) is 4.89. The van der Waals surface area contributed by atoms with Crippen LogP contribution in [0.25, 0.3) is 0 Å². The average Bonchev–Trinajstić information content (AvgIpc) is 2.53. The van der Waals surface area contributed by atoms with Gasteiger partial charge < -0.3 is 19.4 Å². The molecule has 132 valence electrons. The van der Waals surface area contributed by atoms with E-state index in [-0.39, 0.29) is 24.5 Å². The minimum Gasteiger partial charge on any atom is -0.454 e. The van der Waals surface area contributed by atoms with Crippen molar-refractivity contribution < 1.29 is 14.3 Å². The zero-order chi connectivity index (χ0) is 17.0. The number of ether oxygens (including phenoxy) is 1.